The van der Waals surface area contributed by atoms with Crippen molar-refractivity contribution < 1.29 is 4.74 Å². The first kappa shape index (κ1) is 16.2. The molecule has 1 saturated heterocycles. The third-order valence-electron chi connectivity index (χ3n) is 4.95. The predicted octanol–water partition coefficient (Wildman–Crippen LogP) is 3.31. The Bertz CT molecular complexity index is 849. The number of H-pyrrole nitrogens is 1. The molecule has 2 heterocycles. The third-order valence-corrected chi connectivity index (χ3v) is 4.95. The number of ether oxygens (including phenoxy) is 1. The molecule has 0 aliphatic carbocycles. The van der Waals surface area contributed by atoms with E-state index in [0.717, 1.165) is 39.3 Å². The summed E-state index contributed by atoms with van der Waals surface area (Å²) >= 11 is 0. The molecule has 130 valence electrons. The molecule has 0 amide bonds. The van der Waals surface area contributed by atoms with E-state index in [0.29, 0.717) is 0 Å². The molecule has 2 N–H and O–H groups in total. The number of anilines is 1. The first-order chi connectivity index (χ1) is 12.3. The van der Waals surface area contributed by atoms with E-state index in [-0.39, 0.29) is 0 Å². The van der Waals surface area contributed by atoms with Crippen LogP contribution >= 0.6 is 0 Å². The van der Waals surface area contributed by atoms with Crippen molar-refractivity contribution in [1.82, 2.24) is 10.3 Å². The maximum absolute atomic E-state index is 5.47. The second-order valence-electron chi connectivity index (χ2n) is 6.66. The maximum atomic E-state index is 5.47. The highest BCUT2D eigenvalue weighted by molar-refractivity contribution is 5.80. The van der Waals surface area contributed by atoms with Gasteiger partial charge in [-0.2, -0.15) is 0 Å². The average Bonchev–Trinajstić information content (AvgIpc) is 3.12. The van der Waals surface area contributed by atoms with Crippen LogP contribution in [-0.4, -0.2) is 38.3 Å². The van der Waals surface area contributed by atoms with Gasteiger partial charge in [0.2, 0.25) is 0 Å². The third kappa shape index (κ3) is 3.55. The highest BCUT2D eigenvalue weighted by Gasteiger charge is 2.13. The van der Waals surface area contributed by atoms with E-state index in [1.165, 1.54) is 33.3 Å². The van der Waals surface area contributed by atoms with Crippen molar-refractivity contribution in [2.24, 2.45) is 0 Å². The standard InChI is InChI=1S/C21H25N3O/c1-22-15-19-14-20(24-8-10-25-11-9-24)4-3-17(19)12-16-2-5-21-18(13-16)6-7-23-21/h2-7,13-14,22-23H,8-12,15H2,1H3. The number of hydrogen-bond acceptors (Lipinski definition) is 3. The van der Waals surface area contributed by atoms with Crippen molar-refractivity contribution in [1.29, 1.82) is 0 Å². The van der Waals surface area contributed by atoms with Gasteiger partial charge in [-0.3, -0.25) is 0 Å². The van der Waals surface area contributed by atoms with E-state index in [1.807, 2.05) is 13.2 Å². The SMILES string of the molecule is CNCc1cc(N2CCOCC2)ccc1Cc1ccc2[nH]ccc2c1. The summed E-state index contributed by atoms with van der Waals surface area (Å²) in [6, 6.07) is 15.7. The summed E-state index contributed by atoms with van der Waals surface area (Å²) in [5, 5.41) is 4.59. The Balaban J connectivity index is 1.60. The average molecular weight is 335 g/mol. The largest absolute Gasteiger partial charge is 0.378 e. The predicted molar refractivity (Wildman–Crippen MR) is 103 cm³/mol. The molecule has 1 aliphatic rings. The number of aromatic nitrogens is 1. The molecule has 0 bridgehead atoms. The van der Waals surface area contributed by atoms with E-state index >= 15 is 0 Å². The quantitative estimate of drug-likeness (QED) is 0.751. The number of aromatic amines is 1. The Labute approximate surface area is 148 Å². The van der Waals surface area contributed by atoms with Crippen molar-refractivity contribution in [3.63, 3.8) is 0 Å². The fourth-order valence-corrected chi connectivity index (χ4v) is 3.59. The summed E-state index contributed by atoms with van der Waals surface area (Å²) in [5.74, 6) is 0. The number of morpholine rings is 1. The van der Waals surface area contributed by atoms with Crippen LogP contribution in [0.25, 0.3) is 10.9 Å². The Morgan fingerprint density at radius 1 is 1.04 bits per heavy atom. The van der Waals surface area contributed by atoms with Crippen LogP contribution in [0.2, 0.25) is 0 Å². The Morgan fingerprint density at radius 3 is 2.76 bits per heavy atom. The van der Waals surface area contributed by atoms with Gasteiger partial charge in [0.25, 0.3) is 0 Å². The number of benzene rings is 2. The molecule has 25 heavy (non-hydrogen) atoms. The second-order valence-corrected chi connectivity index (χ2v) is 6.66. The fraction of sp³-hybridized carbons (Fsp3) is 0.333. The molecule has 1 aromatic heterocycles. The van der Waals surface area contributed by atoms with Crippen molar-refractivity contribution in [2.45, 2.75) is 13.0 Å². The lowest BCUT2D eigenvalue weighted by molar-refractivity contribution is 0.122. The van der Waals surface area contributed by atoms with Crippen LogP contribution in [0.5, 0.6) is 0 Å². The molecule has 0 saturated carbocycles. The summed E-state index contributed by atoms with van der Waals surface area (Å²) in [6.07, 6.45) is 2.96. The molecular formula is C21H25N3O. The Morgan fingerprint density at radius 2 is 1.92 bits per heavy atom. The summed E-state index contributed by atoms with van der Waals surface area (Å²) < 4.78 is 5.47. The minimum Gasteiger partial charge on any atom is -0.378 e. The highest BCUT2D eigenvalue weighted by atomic mass is 16.5. The van der Waals surface area contributed by atoms with E-state index in [2.05, 4.69) is 57.7 Å². The van der Waals surface area contributed by atoms with Crippen LogP contribution in [0.1, 0.15) is 16.7 Å². The number of hydrogen-bond donors (Lipinski definition) is 2. The van der Waals surface area contributed by atoms with Gasteiger partial charge in [0.1, 0.15) is 0 Å². The normalized spacial score (nSPS) is 15.0. The van der Waals surface area contributed by atoms with Gasteiger partial charge >= 0.3 is 0 Å². The van der Waals surface area contributed by atoms with E-state index in [4.69, 9.17) is 4.74 Å². The monoisotopic (exact) mass is 335 g/mol. The lowest BCUT2D eigenvalue weighted by atomic mass is 9.98. The van der Waals surface area contributed by atoms with E-state index in [1.54, 1.807) is 0 Å². The lowest BCUT2D eigenvalue weighted by Crippen LogP contribution is -2.36. The molecule has 4 heteroatoms. The van der Waals surface area contributed by atoms with Crippen LogP contribution in [0.4, 0.5) is 5.69 Å². The molecule has 0 spiro atoms. The molecule has 1 fully saturated rings. The lowest BCUT2D eigenvalue weighted by Gasteiger charge is -2.29. The topological polar surface area (TPSA) is 40.3 Å². The van der Waals surface area contributed by atoms with Crippen molar-refractivity contribution in [2.75, 3.05) is 38.3 Å². The Hall–Kier alpha value is -2.30. The molecule has 4 rings (SSSR count). The van der Waals surface area contributed by atoms with Crippen LogP contribution in [-0.2, 0) is 17.7 Å². The molecule has 3 aromatic rings. The first-order valence-electron chi connectivity index (χ1n) is 8.98. The summed E-state index contributed by atoms with van der Waals surface area (Å²) in [7, 11) is 2.01. The van der Waals surface area contributed by atoms with Crippen LogP contribution in [0.15, 0.2) is 48.7 Å². The Kier molecular flexibility index (Phi) is 4.72. The molecular weight excluding hydrogens is 310 g/mol. The molecule has 0 atom stereocenters. The smallest absolute Gasteiger partial charge is 0.0642 e. The summed E-state index contributed by atoms with van der Waals surface area (Å²) in [5.41, 5.74) is 6.62. The zero-order valence-corrected chi connectivity index (χ0v) is 14.7. The van der Waals surface area contributed by atoms with Gasteiger partial charge in [0.15, 0.2) is 0 Å². The number of nitrogens with one attached hydrogen (secondary N) is 2. The van der Waals surface area contributed by atoms with Gasteiger partial charge < -0.3 is 19.9 Å². The van der Waals surface area contributed by atoms with Gasteiger partial charge in [-0.05, 0) is 65.9 Å². The molecule has 2 aromatic carbocycles. The van der Waals surface area contributed by atoms with Gasteiger partial charge in [0, 0.05) is 37.0 Å². The molecule has 4 nitrogen and oxygen atoms in total. The van der Waals surface area contributed by atoms with E-state index in [9.17, 15) is 0 Å². The van der Waals surface area contributed by atoms with Gasteiger partial charge in [-0.1, -0.05) is 12.1 Å². The summed E-state index contributed by atoms with van der Waals surface area (Å²) in [6.45, 7) is 4.48. The van der Waals surface area contributed by atoms with Crippen LogP contribution in [0, 0.1) is 0 Å². The molecule has 0 unspecified atom stereocenters. The molecule has 1 aliphatic heterocycles. The highest BCUT2D eigenvalue weighted by Crippen LogP contribution is 2.24. The number of fused-ring (bicyclic) bond motifs is 1. The summed E-state index contributed by atoms with van der Waals surface area (Å²) in [4.78, 5) is 5.68. The van der Waals surface area contributed by atoms with Crippen LogP contribution < -0.4 is 10.2 Å². The molecule has 0 radical (unpaired) electrons. The van der Waals surface area contributed by atoms with Gasteiger partial charge in [-0.25, -0.2) is 0 Å². The van der Waals surface area contributed by atoms with Gasteiger partial charge in [-0.15, -0.1) is 0 Å². The van der Waals surface area contributed by atoms with Crippen molar-refractivity contribution in [3.05, 3.63) is 65.4 Å². The zero-order chi connectivity index (χ0) is 17.1. The van der Waals surface area contributed by atoms with E-state index < -0.39 is 0 Å². The maximum Gasteiger partial charge on any atom is 0.0642 e. The second kappa shape index (κ2) is 7.30. The minimum atomic E-state index is 0.819. The first-order valence-corrected chi connectivity index (χ1v) is 8.98. The van der Waals surface area contributed by atoms with Crippen LogP contribution in [0.3, 0.4) is 0 Å². The minimum absolute atomic E-state index is 0.819. The van der Waals surface area contributed by atoms with Crippen molar-refractivity contribution >= 4 is 16.6 Å². The number of rotatable bonds is 5. The zero-order valence-electron chi connectivity index (χ0n) is 14.7. The fourth-order valence-electron chi connectivity index (χ4n) is 3.59. The number of nitrogens with zero attached hydrogens (tertiary/aromatic N) is 1. The van der Waals surface area contributed by atoms with Gasteiger partial charge in [0.05, 0.1) is 13.2 Å². The van der Waals surface area contributed by atoms with Crippen molar-refractivity contribution in [3.8, 4) is 0 Å².